The van der Waals surface area contributed by atoms with Gasteiger partial charge in [0.15, 0.2) is 5.65 Å². The molecular formula is C17H25N5. The average Bonchev–Trinajstić information content (AvgIpc) is 3.02. The highest BCUT2D eigenvalue weighted by Crippen LogP contribution is 2.39. The van der Waals surface area contributed by atoms with Gasteiger partial charge in [-0.3, -0.25) is 9.58 Å². The Hall–Kier alpha value is -1.46. The van der Waals surface area contributed by atoms with E-state index in [4.69, 9.17) is 0 Å². The maximum Gasteiger partial charge on any atom is 0.157 e. The number of hydrogen-bond acceptors (Lipinski definition) is 4. The molecule has 2 aliphatic heterocycles. The topological polar surface area (TPSA) is 46.0 Å². The quantitative estimate of drug-likeness (QED) is 0.919. The maximum atomic E-state index is 4.61. The van der Waals surface area contributed by atoms with Crippen LogP contribution in [0.25, 0.3) is 11.0 Å². The minimum Gasteiger partial charge on any atom is -0.317 e. The van der Waals surface area contributed by atoms with E-state index in [1.807, 2.05) is 17.9 Å². The molecule has 5 heteroatoms. The second-order valence-corrected chi connectivity index (χ2v) is 7.13. The van der Waals surface area contributed by atoms with Gasteiger partial charge in [0.25, 0.3) is 0 Å². The van der Waals surface area contributed by atoms with Gasteiger partial charge in [0.2, 0.25) is 0 Å². The van der Waals surface area contributed by atoms with E-state index < -0.39 is 0 Å². The number of nitrogens with zero attached hydrogens (tertiary/aromatic N) is 4. The van der Waals surface area contributed by atoms with Crippen LogP contribution in [0.3, 0.4) is 0 Å². The highest BCUT2D eigenvalue weighted by molar-refractivity contribution is 5.78. The minimum atomic E-state index is 0.576. The summed E-state index contributed by atoms with van der Waals surface area (Å²) >= 11 is 0. The Bertz CT molecular complexity index is 684. The van der Waals surface area contributed by atoms with Crippen LogP contribution in [-0.2, 0) is 13.6 Å². The summed E-state index contributed by atoms with van der Waals surface area (Å²) in [6.45, 7) is 7.94. The standard InChI is InChI=1S/C17H25N5/c1-13-15-9-14(10-19-16(15)21(2)20-13)11-22-8-5-17(12-22)3-6-18-7-4-17/h9-10,18H,3-8,11-12H2,1-2H3. The van der Waals surface area contributed by atoms with Gasteiger partial charge in [0.1, 0.15) is 0 Å². The molecule has 22 heavy (non-hydrogen) atoms. The number of aryl methyl sites for hydroxylation is 2. The Kier molecular flexibility index (Phi) is 3.42. The molecular weight excluding hydrogens is 274 g/mol. The molecule has 0 atom stereocenters. The summed E-state index contributed by atoms with van der Waals surface area (Å²) in [6.07, 6.45) is 6.05. The zero-order valence-corrected chi connectivity index (χ0v) is 13.6. The number of pyridine rings is 1. The Balaban J connectivity index is 1.51. The number of nitrogens with one attached hydrogen (secondary N) is 1. The van der Waals surface area contributed by atoms with E-state index in [1.54, 1.807) is 0 Å². The molecule has 0 bridgehead atoms. The van der Waals surface area contributed by atoms with Gasteiger partial charge in [0, 0.05) is 31.7 Å². The summed E-state index contributed by atoms with van der Waals surface area (Å²) in [5.41, 5.74) is 3.95. The largest absolute Gasteiger partial charge is 0.317 e. The van der Waals surface area contributed by atoms with Crippen LogP contribution < -0.4 is 5.32 Å². The zero-order valence-electron chi connectivity index (χ0n) is 13.6. The van der Waals surface area contributed by atoms with E-state index >= 15 is 0 Å². The molecule has 0 aliphatic carbocycles. The van der Waals surface area contributed by atoms with Crippen LogP contribution in [0, 0.1) is 12.3 Å². The van der Waals surface area contributed by atoms with E-state index in [9.17, 15) is 0 Å². The Labute approximate surface area is 131 Å². The second kappa shape index (κ2) is 5.32. The van der Waals surface area contributed by atoms with Crippen molar-refractivity contribution in [1.29, 1.82) is 0 Å². The lowest BCUT2D eigenvalue weighted by atomic mass is 9.78. The predicted octanol–water partition coefficient (Wildman–Crippen LogP) is 1.85. The first-order chi connectivity index (χ1) is 10.7. The van der Waals surface area contributed by atoms with Crippen molar-refractivity contribution in [3.63, 3.8) is 0 Å². The fourth-order valence-corrected chi connectivity index (χ4v) is 4.22. The summed E-state index contributed by atoms with van der Waals surface area (Å²) in [4.78, 5) is 7.22. The molecule has 2 aromatic heterocycles. The summed E-state index contributed by atoms with van der Waals surface area (Å²) < 4.78 is 1.87. The summed E-state index contributed by atoms with van der Waals surface area (Å²) in [5, 5.41) is 9.15. The fourth-order valence-electron chi connectivity index (χ4n) is 4.22. The molecule has 2 saturated heterocycles. The van der Waals surface area contributed by atoms with Gasteiger partial charge in [-0.1, -0.05) is 0 Å². The minimum absolute atomic E-state index is 0.576. The van der Waals surface area contributed by atoms with Gasteiger partial charge in [-0.2, -0.15) is 5.10 Å². The third kappa shape index (κ3) is 2.42. The number of hydrogen-bond donors (Lipinski definition) is 1. The Morgan fingerprint density at radius 2 is 2.09 bits per heavy atom. The zero-order chi connectivity index (χ0) is 15.2. The normalized spacial score (nSPS) is 21.9. The van der Waals surface area contributed by atoms with Gasteiger partial charge in [-0.15, -0.1) is 0 Å². The molecule has 2 aromatic rings. The average molecular weight is 299 g/mol. The molecule has 5 nitrogen and oxygen atoms in total. The van der Waals surface area contributed by atoms with Crippen molar-refractivity contribution >= 4 is 11.0 Å². The highest BCUT2D eigenvalue weighted by atomic mass is 15.3. The number of likely N-dealkylation sites (tertiary alicyclic amines) is 1. The summed E-state index contributed by atoms with van der Waals surface area (Å²) in [5.74, 6) is 0. The van der Waals surface area contributed by atoms with E-state index in [-0.39, 0.29) is 0 Å². The van der Waals surface area contributed by atoms with E-state index in [0.717, 1.165) is 17.9 Å². The van der Waals surface area contributed by atoms with Crippen LogP contribution in [0.2, 0.25) is 0 Å². The molecule has 0 saturated carbocycles. The van der Waals surface area contributed by atoms with Crippen molar-refractivity contribution in [3.8, 4) is 0 Å². The third-order valence-corrected chi connectivity index (χ3v) is 5.51. The van der Waals surface area contributed by atoms with Crippen molar-refractivity contribution in [2.45, 2.75) is 32.7 Å². The summed E-state index contributed by atoms with van der Waals surface area (Å²) in [7, 11) is 1.96. The first kappa shape index (κ1) is 14.2. The first-order valence-electron chi connectivity index (χ1n) is 8.37. The van der Waals surface area contributed by atoms with Crippen LogP contribution in [0.5, 0.6) is 0 Å². The van der Waals surface area contributed by atoms with Gasteiger partial charge < -0.3 is 5.32 Å². The van der Waals surface area contributed by atoms with E-state index in [2.05, 4.69) is 33.3 Å². The monoisotopic (exact) mass is 299 g/mol. The number of piperidine rings is 1. The molecule has 0 radical (unpaired) electrons. The third-order valence-electron chi connectivity index (χ3n) is 5.51. The molecule has 2 aliphatic rings. The molecule has 118 valence electrons. The summed E-state index contributed by atoms with van der Waals surface area (Å²) in [6, 6.07) is 2.28. The lowest BCUT2D eigenvalue weighted by Gasteiger charge is -2.33. The lowest BCUT2D eigenvalue weighted by Crippen LogP contribution is -2.38. The SMILES string of the molecule is Cc1nn(C)c2ncc(CN3CCC4(CCNCC4)C3)cc12. The number of rotatable bonds is 2. The molecule has 4 heterocycles. The Morgan fingerprint density at radius 3 is 2.91 bits per heavy atom. The van der Waals surface area contributed by atoms with Crippen LogP contribution in [0.1, 0.15) is 30.5 Å². The number of aromatic nitrogens is 3. The van der Waals surface area contributed by atoms with Crippen LogP contribution in [-0.4, -0.2) is 45.8 Å². The molecule has 0 amide bonds. The van der Waals surface area contributed by atoms with Crippen molar-refractivity contribution in [2.24, 2.45) is 12.5 Å². The van der Waals surface area contributed by atoms with Crippen LogP contribution >= 0.6 is 0 Å². The second-order valence-electron chi connectivity index (χ2n) is 7.13. The van der Waals surface area contributed by atoms with Crippen molar-refractivity contribution in [2.75, 3.05) is 26.2 Å². The number of fused-ring (bicyclic) bond motifs is 1. The lowest BCUT2D eigenvalue weighted by molar-refractivity contribution is 0.194. The van der Waals surface area contributed by atoms with Crippen molar-refractivity contribution < 1.29 is 0 Å². The molecule has 0 unspecified atom stereocenters. The van der Waals surface area contributed by atoms with Gasteiger partial charge in [-0.25, -0.2) is 4.98 Å². The first-order valence-corrected chi connectivity index (χ1v) is 8.37. The van der Waals surface area contributed by atoms with Crippen LogP contribution in [0.15, 0.2) is 12.3 Å². The van der Waals surface area contributed by atoms with E-state index in [1.165, 1.54) is 56.4 Å². The Morgan fingerprint density at radius 1 is 1.27 bits per heavy atom. The molecule has 4 rings (SSSR count). The molecule has 2 fully saturated rings. The van der Waals surface area contributed by atoms with Gasteiger partial charge >= 0.3 is 0 Å². The van der Waals surface area contributed by atoms with Gasteiger partial charge in [-0.05, 0) is 62.9 Å². The maximum absolute atomic E-state index is 4.61. The van der Waals surface area contributed by atoms with Crippen molar-refractivity contribution in [1.82, 2.24) is 25.0 Å². The predicted molar refractivity (Wildman–Crippen MR) is 87.7 cm³/mol. The smallest absolute Gasteiger partial charge is 0.157 e. The van der Waals surface area contributed by atoms with Crippen LogP contribution in [0.4, 0.5) is 0 Å². The highest BCUT2D eigenvalue weighted by Gasteiger charge is 2.38. The van der Waals surface area contributed by atoms with Gasteiger partial charge in [0.05, 0.1) is 5.69 Å². The molecule has 0 aromatic carbocycles. The fraction of sp³-hybridized carbons (Fsp3) is 0.647. The van der Waals surface area contributed by atoms with Crippen molar-refractivity contribution in [3.05, 3.63) is 23.5 Å². The molecule has 1 spiro atoms. The van der Waals surface area contributed by atoms with E-state index in [0.29, 0.717) is 5.41 Å². The molecule has 1 N–H and O–H groups in total.